The average Bonchev–Trinajstić information content (AvgIpc) is 4.09. The smallest absolute Gasteiger partial charge is 0.255 e. The average molecular weight is 761 g/mol. The van der Waals surface area contributed by atoms with Gasteiger partial charge in [-0.1, -0.05) is 54.1 Å². The van der Waals surface area contributed by atoms with E-state index in [9.17, 15) is 28.8 Å². The van der Waals surface area contributed by atoms with Gasteiger partial charge in [0.25, 0.3) is 11.8 Å². The van der Waals surface area contributed by atoms with Gasteiger partial charge >= 0.3 is 0 Å². The van der Waals surface area contributed by atoms with E-state index >= 15 is 0 Å². The second-order valence-corrected chi connectivity index (χ2v) is 15.6. The van der Waals surface area contributed by atoms with Crippen LogP contribution in [0.15, 0.2) is 121 Å². The van der Waals surface area contributed by atoms with Crippen molar-refractivity contribution in [3.8, 4) is 5.75 Å². The molecule has 6 aliphatic rings. The van der Waals surface area contributed by atoms with Gasteiger partial charge in [0.1, 0.15) is 5.75 Å². The van der Waals surface area contributed by atoms with Crippen molar-refractivity contribution in [1.29, 1.82) is 0 Å². The number of carbonyl (C=O) groups is 6. The first-order valence-corrected chi connectivity index (χ1v) is 19.3. The van der Waals surface area contributed by atoms with Crippen molar-refractivity contribution in [2.45, 2.75) is 19.8 Å². The molecule has 6 amide bonds. The van der Waals surface area contributed by atoms with Gasteiger partial charge in [0.15, 0.2) is 0 Å². The number of hydrogen-bond donors (Lipinski definition) is 2. The molecule has 4 aromatic carbocycles. The van der Waals surface area contributed by atoms with Crippen molar-refractivity contribution >= 4 is 58.2 Å². The van der Waals surface area contributed by atoms with Gasteiger partial charge in [-0.25, -0.2) is 0 Å². The molecular weight excluding hydrogens is 721 g/mol. The van der Waals surface area contributed by atoms with Crippen molar-refractivity contribution in [3.63, 3.8) is 0 Å². The molecule has 57 heavy (non-hydrogen) atoms. The molecule has 0 aromatic heterocycles. The Labute approximate surface area is 329 Å². The van der Waals surface area contributed by atoms with Gasteiger partial charge in [0, 0.05) is 16.8 Å². The molecule has 4 aromatic rings. The number of allylic oxidation sites excluding steroid dienone is 4. The lowest BCUT2D eigenvalue weighted by Crippen LogP contribution is -2.32. The van der Waals surface area contributed by atoms with E-state index in [2.05, 4.69) is 34.9 Å². The molecule has 4 fully saturated rings. The Bertz CT molecular complexity index is 2330. The van der Waals surface area contributed by atoms with Crippen LogP contribution in [0.5, 0.6) is 5.75 Å². The van der Waals surface area contributed by atoms with E-state index in [1.807, 2.05) is 43.3 Å². The summed E-state index contributed by atoms with van der Waals surface area (Å²) in [7, 11) is 1.54. The number of ether oxygens (including phenoxy) is 1. The number of carbonyl (C=O) groups excluding carboxylic acids is 6. The summed E-state index contributed by atoms with van der Waals surface area (Å²) in [5, 5.41) is 5.67. The fraction of sp³-hybridized carbons (Fsp3) is 0.261. The van der Waals surface area contributed by atoms with Gasteiger partial charge in [-0.05, 0) is 116 Å². The third-order valence-electron chi connectivity index (χ3n) is 12.4. The molecular formula is C46H40N4O7. The molecule has 2 saturated carbocycles. The molecule has 0 spiro atoms. The van der Waals surface area contributed by atoms with Gasteiger partial charge < -0.3 is 15.4 Å². The normalized spacial score (nSPS) is 27.1. The van der Waals surface area contributed by atoms with Crippen molar-refractivity contribution in [2.24, 2.45) is 47.3 Å². The third-order valence-corrected chi connectivity index (χ3v) is 12.4. The molecule has 2 heterocycles. The highest BCUT2D eigenvalue weighted by Gasteiger charge is 2.60. The molecule has 2 N–H and O–H groups in total. The number of para-hydroxylation sites is 2. The summed E-state index contributed by atoms with van der Waals surface area (Å²) in [5.74, 6) is -0.565. The molecule has 286 valence electrons. The zero-order chi connectivity index (χ0) is 39.5. The minimum atomic E-state index is -0.292. The molecule has 8 atom stereocenters. The van der Waals surface area contributed by atoms with Crippen LogP contribution in [-0.4, -0.2) is 42.6 Å². The highest BCUT2D eigenvalue weighted by molar-refractivity contribution is 6.24. The van der Waals surface area contributed by atoms with Crippen LogP contribution in [0.1, 0.15) is 39.1 Å². The Hall–Kier alpha value is -6.62. The zero-order valence-electron chi connectivity index (χ0n) is 31.3. The van der Waals surface area contributed by atoms with Gasteiger partial charge in [0.2, 0.25) is 23.6 Å². The highest BCUT2D eigenvalue weighted by Crippen LogP contribution is 2.54. The molecule has 0 radical (unpaired) electrons. The van der Waals surface area contributed by atoms with E-state index in [1.165, 1.54) is 9.80 Å². The standard InChI is InChI=1S/C23H20N2O4.C23H20N2O3/c1-29-18-5-3-2-4-17(18)24-21(26)13-8-10-16(11-9-13)25-22(27)19-14-6-7-15(12-14)20(19)23(25)28;1-13-2-8-17(9-3-13)24-21(26)14-6-10-18(11-7-14)25-22(27)19-15-4-5-16(12-15)20(19)23(25)28/h2-11,14-15,19-20H,12H2,1H3,(H,24,26);2-11,15-16,19-20H,12H2,1H3,(H,24,26). The highest BCUT2D eigenvalue weighted by atomic mass is 16.5. The van der Waals surface area contributed by atoms with Crippen molar-refractivity contribution in [1.82, 2.24) is 0 Å². The number of rotatable bonds is 7. The van der Waals surface area contributed by atoms with Crippen LogP contribution in [-0.2, 0) is 19.2 Å². The maximum absolute atomic E-state index is 12.9. The molecule has 11 heteroatoms. The number of methoxy groups -OCH3 is 1. The van der Waals surface area contributed by atoms with Crippen LogP contribution < -0.4 is 25.2 Å². The number of imide groups is 2. The molecule has 10 rings (SSSR count). The van der Waals surface area contributed by atoms with Gasteiger partial charge in [-0.15, -0.1) is 0 Å². The summed E-state index contributed by atoms with van der Waals surface area (Å²) in [4.78, 5) is 79.2. The minimum Gasteiger partial charge on any atom is -0.495 e. The van der Waals surface area contributed by atoms with Crippen LogP contribution in [0, 0.1) is 54.3 Å². The summed E-state index contributed by atoms with van der Waals surface area (Å²) in [6.45, 7) is 1.99. The first-order valence-electron chi connectivity index (χ1n) is 19.3. The maximum atomic E-state index is 12.9. The van der Waals surface area contributed by atoms with Crippen LogP contribution in [0.4, 0.5) is 22.7 Å². The van der Waals surface area contributed by atoms with Crippen molar-refractivity contribution < 1.29 is 33.5 Å². The number of aryl methyl sites for hydroxylation is 1. The topological polar surface area (TPSA) is 142 Å². The van der Waals surface area contributed by atoms with Gasteiger partial charge in [-0.2, -0.15) is 0 Å². The minimum absolute atomic E-state index is 0.108. The third kappa shape index (κ3) is 6.14. The van der Waals surface area contributed by atoms with Crippen LogP contribution in [0.2, 0.25) is 0 Å². The monoisotopic (exact) mass is 760 g/mol. The van der Waals surface area contributed by atoms with Gasteiger partial charge in [0.05, 0.1) is 47.8 Å². The van der Waals surface area contributed by atoms with E-state index < -0.39 is 0 Å². The second kappa shape index (κ2) is 14.1. The van der Waals surface area contributed by atoms with E-state index in [4.69, 9.17) is 4.74 Å². The number of nitrogens with one attached hydrogen (secondary N) is 2. The summed E-state index contributed by atoms with van der Waals surface area (Å²) < 4.78 is 5.25. The summed E-state index contributed by atoms with van der Waals surface area (Å²) in [6, 6.07) is 28.0. The van der Waals surface area contributed by atoms with E-state index in [-0.39, 0.29) is 82.8 Å². The predicted octanol–water partition coefficient (Wildman–Crippen LogP) is 6.82. The largest absolute Gasteiger partial charge is 0.495 e. The predicted molar refractivity (Wildman–Crippen MR) is 213 cm³/mol. The van der Waals surface area contributed by atoms with Crippen LogP contribution in [0.25, 0.3) is 0 Å². The first kappa shape index (κ1) is 36.0. The molecule has 4 aliphatic carbocycles. The van der Waals surface area contributed by atoms with E-state index in [1.54, 1.807) is 67.8 Å². The number of amides is 6. The van der Waals surface area contributed by atoms with Crippen molar-refractivity contribution in [2.75, 3.05) is 27.5 Å². The van der Waals surface area contributed by atoms with E-state index in [0.29, 0.717) is 33.9 Å². The SMILES string of the molecule is COc1ccccc1NC(=O)c1ccc(N2C(=O)C3C4C=CC(C4)C3C2=O)cc1.Cc1ccc(NC(=O)c2ccc(N3C(=O)C4C5C=CC(C5)C4C3=O)cc2)cc1. The second-order valence-electron chi connectivity index (χ2n) is 15.6. The maximum Gasteiger partial charge on any atom is 0.255 e. The molecule has 2 saturated heterocycles. The lowest BCUT2D eigenvalue weighted by Gasteiger charge is -2.17. The van der Waals surface area contributed by atoms with Crippen LogP contribution >= 0.6 is 0 Å². The Morgan fingerprint density at radius 3 is 1.37 bits per heavy atom. The number of nitrogens with zero attached hydrogens (tertiary/aromatic N) is 2. The number of fused-ring (bicyclic) bond motifs is 10. The lowest BCUT2D eigenvalue weighted by atomic mass is 9.85. The fourth-order valence-electron chi connectivity index (χ4n) is 9.62. The summed E-state index contributed by atoms with van der Waals surface area (Å²) in [5.41, 5.74) is 4.38. The molecule has 2 aliphatic heterocycles. The Morgan fingerprint density at radius 1 is 0.544 bits per heavy atom. The molecule has 4 bridgehead atoms. The summed E-state index contributed by atoms with van der Waals surface area (Å²) in [6.07, 6.45) is 10.1. The van der Waals surface area contributed by atoms with Crippen molar-refractivity contribution in [3.05, 3.63) is 138 Å². The van der Waals surface area contributed by atoms with E-state index in [0.717, 1.165) is 24.1 Å². The Kier molecular flexibility index (Phi) is 8.95. The lowest BCUT2D eigenvalue weighted by molar-refractivity contribution is -0.124. The molecule has 11 nitrogen and oxygen atoms in total. The number of hydrogen-bond acceptors (Lipinski definition) is 7. The number of anilines is 4. The summed E-state index contributed by atoms with van der Waals surface area (Å²) >= 11 is 0. The fourth-order valence-corrected chi connectivity index (χ4v) is 9.62. The zero-order valence-corrected chi connectivity index (χ0v) is 31.3. The molecule has 8 unspecified atom stereocenters. The number of benzene rings is 4. The van der Waals surface area contributed by atoms with Crippen LogP contribution in [0.3, 0.4) is 0 Å². The quantitative estimate of drug-likeness (QED) is 0.156. The first-order chi connectivity index (χ1) is 27.6. The Balaban J connectivity index is 0.000000148. The van der Waals surface area contributed by atoms with Gasteiger partial charge in [-0.3, -0.25) is 38.6 Å². The Morgan fingerprint density at radius 2 is 0.947 bits per heavy atom.